The predicted octanol–water partition coefficient (Wildman–Crippen LogP) is 4.21. The SMILES string of the molecule is CC(C)N(C(=O)CSc1nnc(-c2cccnc2)n1C1CC1)c1ccccc1. The zero-order valence-electron chi connectivity index (χ0n) is 16.0. The van der Waals surface area contributed by atoms with Crippen LogP contribution in [-0.2, 0) is 4.79 Å². The summed E-state index contributed by atoms with van der Waals surface area (Å²) in [5, 5.41) is 9.57. The van der Waals surface area contributed by atoms with Crippen molar-refractivity contribution in [2.24, 2.45) is 0 Å². The van der Waals surface area contributed by atoms with Gasteiger partial charge in [0.05, 0.1) is 5.75 Å². The molecule has 0 spiro atoms. The minimum absolute atomic E-state index is 0.0690. The first-order valence-corrected chi connectivity index (χ1v) is 10.5. The number of hydrogen-bond acceptors (Lipinski definition) is 5. The van der Waals surface area contributed by atoms with Gasteiger partial charge in [0, 0.05) is 35.7 Å². The predicted molar refractivity (Wildman–Crippen MR) is 111 cm³/mol. The molecule has 0 atom stereocenters. The maximum atomic E-state index is 13.0. The number of carbonyl (C=O) groups excluding carboxylic acids is 1. The zero-order chi connectivity index (χ0) is 19.5. The van der Waals surface area contributed by atoms with Gasteiger partial charge in [-0.1, -0.05) is 30.0 Å². The number of carbonyl (C=O) groups is 1. The number of nitrogens with zero attached hydrogens (tertiary/aromatic N) is 5. The smallest absolute Gasteiger partial charge is 0.237 e. The van der Waals surface area contributed by atoms with Crippen molar-refractivity contribution >= 4 is 23.4 Å². The quantitative estimate of drug-likeness (QED) is 0.563. The van der Waals surface area contributed by atoms with Gasteiger partial charge in [-0.25, -0.2) is 0 Å². The summed E-state index contributed by atoms with van der Waals surface area (Å²) in [4.78, 5) is 19.0. The number of pyridine rings is 1. The van der Waals surface area contributed by atoms with E-state index >= 15 is 0 Å². The average molecular weight is 394 g/mol. The van der Waals surface area contributed by atoms with Crippen molar-refractivity contribution in [1.29, 1.82) is 0 Å². The van der Waals surface area contributed by atoms with E-state index < -0.39 is 0 Å². The van der Waals surface area contributed by atoms with Gasteiger partial charge in [-0.15, -0.1) is 10.2 Å². The van der Waals surface area contributed by atoms with Gasteiger partial charge in [-0.3, -0.25) is 14.3 Å². The Labute approximate surface area is 169 Å². The molecule has 0 radical (unpaired) electrons. The van der Waals surface area contributed by atoms with E-state index in [1.807, 2.05) is 61.2 Å². The van der Waals surface area contributed by atoms with Crippen LogP contribution in [0.15, 0.2) is 60.0 Å². The van der Waals surface area contributed by atoms with Crippen molar-refractivity contribution in [2.45, 2.75) is 43.9 Å². The van der Waals surface area contributed by atoms with Gasteiger partial charge < -0.3 is 4.90 Å². The van der Waals surface area contributed by atoms with E-state index in [0.29, 0.717) is 11.8 Å². The van der Waals surface area contributed by atoms with Crippen molar-refractivity contribution in [3.8, 4) is 11.4 Å². The van der Waals surface area contributed by atoms with Gasteiger partial charge in [0.15, 0.2) is 11.0 Å². The van der Waals surface area contributed by atoms with Gasteiger partial charge in [0.1, 0.15) is 0 Å². The number of aromatic nitrogens is 4. The molecular formula is C21H23N5OS. The first kappa shape index (κ1) is 18.7. The third-order valence-electron chi connectivity index (χ3n) is 4.64. The van der Waals surface area contributed by atoms with Crippen molar-refractivity contribution in [1.82, 2.24) is 19.7 Å². The first-order chi connectivity index (χ1) is 13.6. The lowest BCUT2D eigenvalue weighted by Gasteiger charge is -2.26. The molecule has 0 aliphatic heterocycles. The van der Waals surface area contributed by atoms with Gasteiger partial charge in [-0.2, -0.15) is 0 Å². The van der Waals surface area contributed by atoms with Crippen LogP contribution in [0.2, 0.25) is 0 Å². The molecule has 0 saturated heterocycles. The molecule has 1 aliphatic carbocycles. The summed E-state index contributed by atoms with van der Waals surface area (Å²) in [5.74, 6) is 1.22. The molecule has 7 heteroatoms. The molecule has 1 aromatic carbocycles. The van der Waals surface area contributed by atoms with E-state index in [1.165, 1.54) is 11.8 Å². The molecule has 0 N–H and O–H groups in total. The molecule has 0 bridgehead atoms. The summed E-state index contributed by atoms with van der Waals surface area (Å²) in [7, 11) is 0. The standard InChI is InChI=1S/C21H23N5OS/c1-15(2)25(17-8-4-3-5-9-17)19(27)14-28-21-24-23-20(26(21)18-10-11-18)16-7-6-12-22-13-16/h3-9,12-13,15,18H,10-11,14H2,1-2H3. The van der Waals surface area contributed by atoms with Crippen LogP contribution in [-0.4, -0.2) is 37.5 Å². The molecule has 1 aliphatic rings. The number of benzene rings is 1. The van der Waals surface area contributed by atoms with Crippen LogP contribution in [0.25, 0.3) is 11.4 Å². The second-order valence-corrected chi connectivity index (χ2v) is 8.07. The number of amides is 1. The van der Waals surface area contributed by atoms with E-state index in [4.69, 9.17) is 0 Å². The number of anilines is 1. The lowest BCUT2D eigenvalue weighted by molar-refractivity contribution is -0.116. The molecular weight excluding hydrogens is 370 g/mol. The average Bonchev–Trinajstić information content (AvgIpc) is 3.46. The van der Waals surface area contributed by atoms with Crippen LogP contribution >= 0.6 is 11.8 Å². The summed E-state index contributed by atoms with van der Waals surface area (Å²) >= 11 is 1.46. The Balaban J connectivity index is 1.53. The number of rotatable bonds is 7. The minimum atomic E-state index is 0.0690. The maximum absolute atomic E-state index is 13.0. The largest absolute Gasteiger partial charge is 0.309 e. The molecule has 3 aromatic rings. The van der Waals surface area contributed by atoms with Crippen LogP contribution in [0.5, 0.6) is 0 Å². The highest BCUT2D eigenvalue weighted by molar-refractivity contribution is 7.99. The number of hydrogen-bond donors (Lipinski definition) is 0. The highest BCUT2D eigenvalue weighted by atomic mass is 32.2. The molecule has 6 nitrogen and oxygen atoms in total. The Morgan fingerprint density at radius 1 is 1.18 bits per heavy atom. The molecule has 1 fully saturated rings. The molecule has 28 heavy (non-hydrogen) atoms. The normalized spacial score (nSPS) is 13.7. The van der Waals surface area contributed by atoms with Crippen molar-refractivity contribution in [2.75, 3.05) is 10.7 Å². The van der Waals surface area contributed by atoms with Crippen molar-refractivity contribution in [3.05, 3.63) is 54.9 Å². The molecule has 1 amide bonds. The van der Waals surface area contributed by atoms with Gasteiger partial charge in [0.25, 0.3) is 0 Å². The maximum Gasteiger partial charge on any atom is 0.237 e. The number of thioether (sulfide) groups is 1. The fourth-order valence-corrected chi connectivity index (χ4v) is 4.11. The first-order valence-electron chi connectivity index (χ1n) is 9.50. The van der Waals surface area contributed by atoms with Crippen LogP contribution in [0.3, 0.4) is 0 Å². The van der Waals surface area contributed by atoms with Crippen LogP contribution < -0.4 is 4.90 Å². The highest BCUT2D eigenvalue weighted by Crippen LogP contribution is 2.41. The Bertz CT molecular complexity index is 938. The van der Waals surface area contributed by atoms with E-state index in [0.717, 1.165) is 35.1 Å². The van der Waals surface area contributed by atoms with Crippen LogP contribution in [0, 0.1) is 0 Å². The fourth-order valence-electron chi connectivity index (χ4n) is 3.24. The Morgan fingerprint density at radius 2 is 1.96 bits per heavy atom. The lowest BCUT2D eigenvalue weighted by Crippen LogP contribution is -2.38. The van der Waals surface area contributed by atoms with Crippen molar-refractivity contribution in [3.63, 3.8) is 0 Å². The van der Waals surface area contributed by atoms with E-state index in [9.17, 15) is 4.79 Å². The third kappa shape index (κ3) is 3.94. The number of para-hydroxylation sites is 1. The van der Waals surface area contributed by atoms with Gasteiger partial charge in [0.2, 0.25) is 5.91 Å². The van der Waals surface area contributed by atoms with Crippen LogP contribution in [0.4, 0.5) is 5.69 Å². The second kappa shape index (κ2) is 8.14. The summed E-state index contributed by atoms with van der Waals surface area (Å²) < 4.78 is 2.16. The summed E-state index contributed by atoms with van der Waals surface area (Å²) in [6.45, 7) is 4.06. The lowest BCUT2D eigenvalue weighted by atomic mass is 10.2. The topological polar surface area (TPSA) is 63.9 Å². The second-order valence-electron chi connectivity index (χ2n) is 7.13. The van der Waals surface area contributed by atoms with Gasteiger partial charge >= 0.3 is 0 Å². The Kier molecular flexibility index (Phi) is 5.43. The summed E-state index contributed by atoms with van der Waals surface area (Å²) in [6, 6.07) is 14.2. The highest BCUT2D eigenvalue weighted by Gasteiger charge is 2.31. The van der Waals surface area contributed by atoms with Crippen molar-refractivity contribution < 1.29 is 4.79 Å². The Morgan fingerprint density at radius 3 is 2.61 bits per heavy atom. The molecule has 1 saturated carbocycles. The molecule has 4 rings (SSSR count). The molecule has 0 unspecified atom stereocenters. The molecule has 2 aromatic heterocycles. The molecule has 2 heterocycles. The monoisotopic (exact) mass is 393 g/mol. The minimum Gasteiger partial charge on any atom is -0.309 e. The van der Waals surface area contributed by atoms with Crippen LogP contribution in [0.1, 0.15) is 32.7 Å². The molecule has 144 valence electrons. The third-order valence-corrected chi connectivity index (χ3v) is 5.57. The van der Waals surface area contributed by atoms with E-state index in [2.05, 4.69) is 19.7 Å². The zero-order valence-corrected chi connectivity index (χ0v) is 16.8. The summed E-state index contributed by atoms with van der Waals surface area (Å²) in [5.41, 5.74) is 1.87. The summed E-state index contributed by atoms with van der Waals surface area (Å²) in [6.07, 6.45) is 5.79. The Hall–Kier alpha value is -2.67. The fraction of sp³-hybridized carbons (Fsp3) is 0.333. The van der Waals surface area contributed by atoms with E-state index in [-0.39, 0.29) is 11.9 Å². The van der Waals surface area contributed by atoms with Gasteiger partial charge in [-0.05, 0) is 51.0 Å². The van der Waals surface area contributed by atoms with E-state index in [1.54, 1.807) is 12.4 Å².